The number of hydrogen-bond donors (Lipinski definition) is 1. The van der Waals surface area contributed by atoms with E-state index in [1.165, 1.54) is 19.3 Å². The predicted molar refractivity (Wildman–Crippen MR) is 123 cm³/mol. The summed E-state index contributed by atoms with van der Waals surface area (Å²) in [6.45, 7) is 3.15. The number of anilines is 2. The Morgan fingerprint density at radius 2 is 1.86 bits per heavy atom. The van der Waals surface area contributed by atoms with Crippen LogP contribution in [0.15, 0.2) is 24.5 Å². The molecule has 3 heterocycles. The van der Waals surface area contributed by atoms with E-state index in [-0.39, 0.29) is 24.8 Å². The molecule has 2 N–H and O–H groups in total. The monoisotopic (exact) mass is 441 g/mol. The lowest BCUT2D eigenvalue weighted by molar-refractivity contribution is 0.343. The van der Waals surface area contributed by atoms with Gasteiger partial charge in [-0.25, -0.2) is 4.98 Å². The highest BCUT2D eigenvalue weighted by Crippen LogP contribution is 2.36. The Bertz CT molecular complexity index is 739. The fourth-order valence-electron chi connectivity index (χ4n) is 4.11. The molecule has 1 aliphatic heterocycles. The summed E-state index contributed by atoms with van der Waals surface area (Å²) >= 11 is 0. The van der Waals surface area contributed by atoms with E-state index in [4.69, 9.17) is 15.7 Å². The standard InChI is InChI=1S/C20H31N7.2ClH/c1-25(2)20-23-18(16-12-17(21)13-16)14-19(24-20)26-9-4-15(5-10-26)6-11-27-8-3-7-22-27;;/h3,7-8,14-17H,4-6,9-13,21H2,1-2H3;2*1H. The lowest BCUT2D eigenvalue weighted by Gasteiger charge is -2.35. The molecule has 1 saturated heterocycles. The summed E-state index contributed by atoms with van der Waals surface area (Å²) in [5.74, 6) is 3.15. The van der Waals surface area contributed by atoms with Gasteiger partial charge in [0.05, 0.1) is 5.69 Å². The van der Waals surface area contributed by atoms with Gasteiger partial charge < -0.3 is 15.5 Å². The minimum atomic E-state index is 0. The number of aromatic nitrogens is 4. The van der Waals surface area contributed by atoms with Crippen LogP contribution in [0.25, 0.3) is 0 Å². The van der Waals surface area contributed by atoms with E-state index in [2.05, 4.69) is 16.1 Å². The van der Waals surface area contributed by atoms with Gasteiger partial charge in [-0.05, 0) is 44.1 Å². The molecular formula is C20H33Cl2N7. The molecule has 0 unspecified atom stereocenters. The molecule has 0 atom stereocenters. The topological polar surface area (TPSA) is 76.1 Å². The molecule has 1 aliphatic carbocycles. The summed E-state index contributed by atoms with van der Waals surface area (Å²) < 4.78 is 2.04. The average Bonchev–Trinajstić information content (AvgIpc) is 3.17. The van der Waals surface area contributed by atoms with Crippen LogP contribution in [0.1, 0.15) is 43.7 Å². The largest absolute Gasteiger partial charge is 0.356 e. The van der Waals surface area contributed by atoms with Crippen LogP contribution in [0, 0.1) is 5.92 Å². The fraction of sp³-hybridized carbons (Fsp3) is 0.650. The predicted octanol–water partition coefficient (Wildman–Crippen LogP) is 3.09. The summed E-state index contributed by atoms with van der Waals surface area (Å²) in [6, 6.07) is 4.53. The van der Waals surface area contributed by atoms with Gasteiger partial charge in [0.25, 0.3) is 0 Å². The molecule has 2 aromatic heterocycles. The number of rotatable bonds is 6. The summed E-state index contributed by atoms with van der Waals surface area (Å²) in [7, 11) is 4.02. The average molecular weight is 442 g/mol. The normalized spacial score (nSPS) is 21.7. The van der Waals surface area contributed by atoms with Crippen molar-refractivity contribution in [1.82, 2.24) is 19.7 Å². The van der Waals surface area contributed by atoms with Gasteiger partial charge in [0.2, 0.25) is 5.95 Å². The molecule has 0 bridgehead atoms. The van der Waals surface area contributed by atoms with Crippen molar-refractivity contribution >= 4 is 36.6 Å². The lowest BCUT2D eigenvalue weighted by Crippen LogP contribution is -2.37. The van der Waals surface area contributed by atoms with Gasteiger partial charge >= 0.3 is 0 Å². The SMILES string of the molecule is CN(C)c1nc(C2CC(N)C2)cc(N2CCC(CCn3cccn3)CC2)n1.Cl.Cl. The van der Waals surface area contributed by atoms with Crippen molar-refractivity contribution in [2.45, 2.75) is 50.6 Å². The lowest BCUT2D eigenvalue weighted by atomic mass is 9.78. The molecular weight excluding hydrogens is 409 g/mol. The first-order chi connectivity index (χ1) is 13.1. The van der Waals surface area contributed by atoms with Crippen LogP contribution in [0.2, 0.25) is 0 Å². The summed E-state index contributed by atoms with van der Waals surface area (Å²) in [6.07, 6.45) is 9.61. The van der Waals surface area contributed by atoms with Gasteiger partial charge in [0, 0.05) is 64.1 Å². The first-order valence-corrected chi connectivity index (χ1v) is 10.1. The van der Waals surface area contributed by atoms with E-state index in [1.54, 1.807) is 0 Å². The molecule has 0 aromatic carbocycles. The second kappa shape index (κ2) is 10.5. The maximum atomic E-state index is 5.99. The Balaban J connectivity index is 0.00000150. The molecule has 1 saturated carbocycles. The number of piperidine rings is 1. The Kier molecular flexibility index (Phi) is 8.55. The minimum Gasteiger partial charge on any atom is -0.356 e. The summed E-state index contributed by atoms with van der Waals surface area (Å²) in [4.78, 5) is 14.0. The van der Waals surface area contributed by atoms with Crippen LogP contribution in [0.3, 0.4) is 0 Å². The van der Waals surface area contributed by atoms with Crippen LogP contribution in [0.4, 0.5) is 11.8 Å². The van der Waals surface area contributed by atoms with Crippen molar-refractivity contribution in [2.75, 3.05) is 37.0 Å². The van der Waals surface area contributed by atoms with Crippen molar-refractivity contribution in [3.8, 4) is 0 Å². The van der Waals surface area contributed by atoms with Crippen LogP contribution < -0.4 is 15.5 Å². The second-order valence-corrected chi connectivity index (χ2v) is 8.26. The third kappa shape index (κ3) is 5.74. The highest BCUT2D eigenvalue weighted by molar-refractivity contribution is 5.85. The molecule has 2 aliphatic rings. The van der Waals surface area contributed by atoms with Crippen molar-refractivity contribution in [3.63, 3.8) is 0 Å². The zero-order valence-electron chi connectivity index (χ0n) is 17.3. The van der Waals surface area contributed by atoms with Gasteiger partial charge in [-0.15, -0.1) is 24.8 Å². The van der Waals surface area contributed by atoms with E-state index in [1.807, 2.05) is 42.1 Å². The zero-order chi connectivity index (χ0) is 18.8. The number of halogens is 2. The molecule has 29 heavy (non-hydrogen) atoms. The summed E-state index contributed by atoms with van der Waals surface area (Å²) in [5.41, 5.74) is 7.15. The smallest absolute Gasteiger partial charge is 0.227 e. The number of nitrogens with zero attached hydrogens (tertiary/aromatic N) is 6. The molecule has 0 radical (unpaired) electrons. The second-order valence-electron chi connectivity index (χ2n) is 8.26. The van der Waals surface area contributed by atoms with Crippen molar-refractivity contribution in [3.05, 3.63) is 30.2 Å². The van der Waals surface area contributed by atoms with Crippen LogP contribution in [-0.4, -0.2) is 53.0 Å². The van der Waals surface area contributed by atoms with Crippen molar-refractivity contribution in [2.24, 2.45) is 11.7 Å². The van der Waals surface area contributed by atoms with Crippen LogP contribution >= 0.6 is 24.8 Å². The van der Waals surface area contributed by atoms with Crippen LogP contribution in [0.5, 0.6) is 0 Å². The van der Waals surface area contributed by atoms with E-state index >= 15 is 0 Å². The third-order valence-corrected chi connectivity index (χ3v) is 5.98. The van der Waals surface area contributed by atoms with E-state index in [0.29, 0.717) is 12.0 Å². The Morgan fingerprint density at radius 3 is 2.45 bits per heavy atom. The van der Waals surface area contributed by atoms with Crippen LogP contribution in [-0.2, 0) is 6.54 Å². The highest BCUT2D eigenvalue weighted by Gasteiger charge is 2.30. The molecule has 2 aromatic rings. The summed E-state index contributed by atoms with van der Waals surface area (Å²) in [5, 5.41) is 4.31. The van der Waals surface area contributed by atoms with Crippen molar-refractivity contribution in [1.29, 1.82) is 0 Å². The van der Waals surface area contributed by atoms with Gasteiger partial charge in [-0.1, -0.05) is 0 Å². The Morgan fingerprint density at radius 1 is 1.14 bits per heavy atom. The first kappa shape index (κ1) is 23.7. The number of hydrogen-bond acceptors (Lipinski definition) is 6. The molecule has 9 heteroatoms. The first-order valence-electron chi connectivity index (χ1n) is 10.1. The van der Waals surface area contributed by atoms with E-state index < -0.39 is 0 Å². The quantitative estimate of drug-likeness (QED) is 0.741. The number of nitrogens with two attached hydrogens (primary N) is 1. The Hall–Kier alpha value is -1.57. The fourth-order valence-corrected chi connectivity index (χ4v) is 4.11. The van der Waals surface area contributed by atoms with E-state index in [0.717, 1.165) is 55.9 Å². The minimum absolute atomic E-state index is 0. The van der Waals surface area contributed by atoms with Gasteiger partial charge in [0.15, 0.2) is 0 Å². The van der Waals surface area contributed by atoms with Gasteiger partial charge in [-0.2, -0.15) is 10.1 Å². The molecule has 2 fully saturated rings. The zero-order valence-corrected chi connectivity index (χ0v) is 18.9. The molecule has 4 rings (SSSR count). The van der Waals surface area contributed by atoms with Gasteiger partial charge in [-0.3, -0.25) is 4.68 Å². The maximum Gasteiger partial charge on any atom is 0.227 e. The van der Waals surface area contributed by atoms with E-state index in [9.17, 15) is 0 Å². The molecule has 0 spiro atoms. The Labute approximate surface area is 185 Å². The maximum absolute atomic E-state index is 5.99. The molecule has 0 amide bonds. The number of aryl methyl sites for hydroxylation is 1. The van der Waals surface area contributed by atoms with Gasteiger partial charge in [0.1, 0.15) is 5.82 Å². The molecule has 7 nitrogen and oxygen atoms in total. The molecule has 162 valence electrons. The highest BCUT2D eigenvalue weighted by atomic mass is 35.5. The van der Waals surface area contributed by atoms with Crippen molar-refractivity contribution < 1.29 is 0 Å². The third-order valence-electron chi connectivity index (χ3n) is 5.98.